The first kappa shape index (κ1) is 18.2. The topological polar surface area (TPSA) is 36.0 Å². The maximum absolute atomic E-state index is 11.7. The van der Waals surface area contributed by atoms with Crippen molar-refractivity contribution < 1.29 is 9.53 Å². The van der Waals surface area contributed by atoms with Gasteiger partial charge in [-0.3, -0.25) is 9.69 Å². The molecule has 5 heteroatoms. The van der Waals surface area contributed by atoms with E-state index in [1.807, 2.05) is 14.1 Å². The Kier molecular flexibility index (Phi) is 6.32. The Bertz CT molecular complexity index is 580. The van der Waals surface area contributed by atoms with Crippen LogP contribution in [0.1, 0.15) is 24.0 Å². The fourth-order valence-electron chi connectivity index (χ4n) is 3.64. The van der Waals surface area contributed by atoms with Gasteiger partial charge in [0.15, 0.2) is 0 Å². The molecule has 5 nitrogen and oxygen atoms in total. The summed E-state index contributed by atoms with van der Waals surface area (Å²) >= 11 is 0. The number of carbonyl (C=O) groups is 1. The van der Waals surface area contributed by atoms with Gasteiger partial charge in [0.05, 0.1) is 0 Å². The predicted octanol–water partition coefficient (Wildman–Crippen LogP) is 1.65. The number of hydrogen-bond donors (Lipinski definition) is 0. The van der Waals surface area contributed by atoms with Crippen molar-refractivity contribution in [2.75, 3.05) is 60.0 Å². The molecule has 0 saturated carbocycles. The highest BCUT2D eigenvalue weighted by molar-refractivity contribution is 5.75. The third-order valence-electron chi connectivity index (χ3n) is 5.35. The second-order valence-corrected chi connectivity index (χ2v) is 7.35. The van der Waals surface area contributed by atoms with Gasteiger partial charge in [0.1, 0.15) is 12.4 Å². The summed E-state index contributed by atoms with van der Waals surface area (Å²) < 4.78 is 5.96. The number of rotatable bonds is 7. The average molecular weight is 345 g/mol. The van der Waals surface area contributed by atoms with E-state index in [4.69, 9.17) is 4.74 Å². The van der Waals surface area contributed by atoms with Crippen molar-refractivity contribution in [1.82, 2.24) is 14.7 Å². The quantitative estimate of drug-likeness (QED) is 0.753. The van der Waals surface area contributed by atoms with Crippen LogP contribution in [0.2, 0.25) is 0 Å². The molecule has 0 radical (unpaired) electrons. The van der Waals surface area contributed by atoms with Gasteiger partial charge in [0.2, 0.25) is 5.91 Å². The zero-order chi connectivity index (χ0) is 17.6. The molecular weight excluding hydrogens is 314 g/mol. The lowest BCUT2D eigenvalue weighted by molar-refractivity contribution is -0.129. The summed E-state index contributed by atoms with van der Waals surface area (Å²) in [5.74, 6) is 1.23. The van der Waals surface area contributed by atoms with Crippen molar-refractivity contribution in [3.05, 3.63) is 29.3 Å². The molecule has 1 aromatic rings. The SMILES string of the molecule is CN(C)C(=O)CCN1CCN(CCOc2ccc3c(c2)CCC3)CC1. The molecule has 0 unspecified atom stereocenters. The van der Waals surface area contributed by atoms with E-state index in [1.165, 1.54) is 30.4 Å². The summed E-state index contributed by atoms with van der Waals surface area (Å²) in [6.07, 6.45) is 4.32. The number of carbonyl (C=O) groups excluding carboxylic acids is 1. The van der Waals surface area contributed by atoms with Crippen LogP contribution >= 0.6 is 0 Å². The zero-order valence-corrected chi connectivity index (χ0v) is 15.7. The second kappa shape index (κ2) is 8.68. The number of piperazine rings is 1. The lowest BCUT2D eigenvalue weighted by Gasteiger charge is -2.34. The molecule has 1 aromatic carbocycles. The Labute approximate surface area is 151 Å². The van der Waals surface area contributed by atoms with Gasteiger partial charge in [-0.1, -0.05) is 6.07 Å². The highest BCUT2D eigenvalue weighted by atomic mass is 16.5. The molecule has 1 aliphatic heterocycles. The van der Waals surface area contributed by atoms with E-state index in [2.05, 4.69) is 28.0 Å². The second-order valence-electron chi connectivity index (χ2n) is 7.35. The van der Waals surface area contributed by atoms with Crippen LogP contribution < -0.4 is 4.74 Å². The monoisotopic (exact) mass is 345 g/mol. The summed E-state index contributed by atoms with van der Waals surface area (Å²) in [4.78, 5) is 18.2. The average Bonchev–Trinajstić information content (AvgIpc) is 3.08. The number of fused-ring (bicyclic) bond motifs is 1. The van der Waals surface area contributed by atoms with Crippen molar-refractivity contribution in [3.8, 4) is 5.75 Å². The molecule has 0 aromatic heterocycles. The standard InChI is InChI=1S/C20H31N3O2/c1-21(2)20(24)8-9-22-10-12-23(13-11-22)14-15-25-19-7-6-17-4-3-5-18(17)16-19/h6-7,16H,3-5,8-15H2,1-2H3. The van der Waals surface area contributed by atoms with Crippen molar-refractivity contribution in [3.63, 3.8) is 0 Å². The molecule has 25 heavy (non-hydrogen) atoms. The van der Waals surface area contributed by atoms with E-state index in [1.54, 1.807) is 4.90 Å². The fraction of sp³-hybridized carbons (Fsp3) is 0.650. The van der Waals surface area contributed by atoms with E-state index in [0.29, 0.717) is 6.42 Å². The van der Waals surface area contributed by atoms with Gasteiger partial charge in [0, 0.05) is 59.8 Å². The summed E-state index contributed by atoms with van der Waals surface area (Å²) in [6.45, 7) is 6.79. The van der Waals surface area contributed by atoms with Gasteiger partial charge >= 0.3 is 0 Å². The minimum Gasteiger partial charge on any atom is -0.492 e. The van der Waals surface area contributed by atoms with E-state index < -0.39 is 0 Å². The van der Waals surface area contributed by atoms with E-state index in [9.17, 15) is 4.79 Å². The maximum Gasteiger partial charge on any atom is 0.223 e. The summed E-state index contributed by atoms with van der Waals surface area (Å²) in [7, 11) is 3.64. The number of aryl methyl sites for hydroxylation is 2. The van der Waals surface area contributed by atoms with Crippen LogP contribution in [0.5, 0.6) is 5.75 Å². The summed E-state index contributed by atoms with van der Waals surface area (Å²) in [5.41, 5.74) is 2.97. The van der Waals surface area contributed by atoms with Crippen molar-refractivity contribution in [2.24, 2.45) is 0 Å². The van der Waals surface area contributed by atoms with Gasteiger partial charge in [-0.15, -0.1) is 0 Å². The minimum atomic E-state index is 0.213. The van der Waals surface area contributed by atoms with Crippen LogP contribution in [0.15, 0.2) is 18.2 Å². The summed E-state index contributed by atoms with van der Waals surface area (Å²) in [5, 5.41) is 0. The zero-order valence-electron chi connectivity index (χ0n) is 15.7. The molecule has 2 aliphatic rings. The van der Waals surface area contributed by atoms with E-state index in [0.717, 1.165) is 51.6 Å². The number of ether oxygens (including phenoxy) is 1. The molecule has 0 atom stereocenters. The Morgan fingerprint density at radius 1 is 1.04 bits per heavy atom. The predicted molar refractivity (Wildman–Crippen MR) is 100 cm³/mol. The molecule has 0 N–H and O–H groups in total. The van der Waals surface area contributed by atoms with Crippen LogP contribution in [0, 0.1) is 0 Å². The van der Waals surface area contributed by atoms with Crippen molar-refractivity contribution in [1.29, 1.82) is 0 Å². The highest BCUT2D eigenvalue weighted by Crippen LogP contribution is 2.25. The summed E-state index contributed by atoms with van der Waals surface area (Å²) in [6, 6.07) is 6.57. The molecule has 3 rings (SSSR count). The minimum absolute atomic E-state index is 0.213. The van der Waals surface area contributed by atoms with E-state index >= 15 is 0 Å². The third-order valence-corrected chi connectivity index (χ3v) is 5.35. The van der Waals surface area contributed by atoms with Gasteiger partial charge in [-0.2, -0.15) is 0 Å². The van der Waals surface area contributed by atoms with E-state index in [-0.39, 0.29) is 5.91 Å². The first-order valence-corrected chi connectivity index (χ1v) is 9.51. The molecule has 1 fully saturated rings. The molecular formula is C20H31N3O2. The Morgan fingerprint density at radius 2 is 1.72 bits per heavy atom. The molecule has 0 bridgehead atoms. The normalized spacial score (nSPS) is 18.2. The van der Waals surface area contributed by atoms with Gasteiger partial charge in [-0.25, -0.2) is 0 Å². The maximum atomic E-state index is 11.7. The fourth-order valence-corrected chi connectivity index (χ4v) is 3.64. The van der Waals surface area contributed by atoms with Gasteiger partial charge < -0.3 is 14.5 Å². The largest absolute Gasteiger partial charge is 0.492 e. The van der Waals surface area contributed by atoms with Crippen molar-refractivity contribution >= 4 is 5.91 Å². The number of nitrogens with zero attached hydrogens (tertiary/aromatic N) is 3. The number of benzene rings is 1. The van der Waals surface area contributed by atoms with Crippen LogP contribution in [0.4, 0.5) is 0 Å². The number of hydrogen-bond acceptors (Lipinski definition) is 4. The lowest BCUT2D eigenvalue weighted by Crippen LogP contribution is -2.48. The molecule has 1 aliphatic carbocycles. The third kappa shape index (κ3) is 5.19. The molecule has 1 amide bonds. The Morgan fingerprint density at radius 3 is 2.44 bits per heavy atom. The van der Waals surface area contributed by atoms with Crippen molar-refractivity contribution in [2.45, 2.75) is 25.7 Å². The van der Waals surface area contributed by atoms with Gasteiger partial charge in [0.25, 0.3) is 0 Å². The molecule has 0 spiro atoms. The van der Waals surface area contributed by atoms with Gasteiger partial charge in [-0.05, 0) is 42.5 Å². The number of amides is 1. The Balaban J connectivity index is 1.32. The lowest BCUT2D eigenvalue weighted by atomic mass is 10.1. The first-order chi connectivity index (χ1) is 12.1. The molecule has 1 saturated heterocycles. The van der Waals surface area contributed by atoms with Crippen LogP contribution in [0.25, 0.3) is 0 Å². The smallest absolute Gasteiger partial charge is 0.223 e. The first-order valence-electron chi connectivity index (χ1n) is 9.51. The Hall–Kier alpha value is -1.59. The van der Waals surface area contributed by atoms with Crippen LogP contribution in [-0.2, 0) is 17.6 Å². The van der Waals surface area contributed by atoms with Crippen LogP contribution in [0.3, 0.4) is 0 Å². The molecule has 1 heterocycles. The molecule has 138 valence electrons. The van der Waals surface area contributed by atoms with Crippen LogP contribution in [-0.4, -0.2) is 80.6 Å². The highest BCUT2D eigenvalue weighted by Gasteiger charge is 2.18.